The van der Waals surface area contributed by atoms with Gasteiger partial charge in [0.2, 0.25) is 5.91 Å². The summed E-state index contributed by atoms with van der Waals surface area (Å²) in [5.74, 6) is 2.31. The fraction of sp³-hybridized carbons (Fsp3) is 0.565. The number of ether oxygens (including phenoxy) is 1. The van der Waals surface area contributed by atoms with Gasteiger partial charge in [0.15, 0.2) is 11.6 Å². The zero-order valence-electron chi connectivity index (χ0n) is 19.2. The second-order valence-electron chi connectivity index (χ2n) is 9.05. The van der Waals surface area contributed by atoms with Crippen molar-refractivity contribution in [3.63, 3.8) is 0 Å². The van der Waals surface area contributed by atoms with Gasteiger partial charge in [-0.25, -0.2) is 24.3 Å². The van der Waals surface area contributed by atoms with E-state index in [9.17, 15) is 4.79 Å². The summed E-state index contributed by atoms with van der Waals surface area (Å²) >= 11 is 0. The maximum Gasteiger partial charge on any atom is 0.222 e. The molecule has 0 spiro atoms. The molecule has 2 atom stereocenters. The minimum absolute atomic E-state index is 0.152. The number of amides is 1. The Morgan fingerprint density at radius 2 is 2.00 bits per heavy atom. The van der Waals surface area contributed by atoms with Crippen molar-refractivity contribution < 1.29 is 9.53 Å². The summed E-state index contributed by atoms with van der Waals surface area (Å²) in [7, 11) is 0. The van der Waals surface area contributed by atoms with Crippen LogP contribution in [0.25, 0.3) is 17.2 Å². The molecule has 33 heavy (non-hydrogen) atoms. The lowest BCUT2D eigenvalue weighted by atomic mass is 10.00. The Labute approximate surface area is 193 Å². The van der Waals surface area contributed by atoms with Crippen LogP contribution in [0.15, 0.2) is 31.0 Å². The number of carbonyl (C=O) groups is 1. The quantitative estimate of drug-likeness (QED) is 0.589. The lowest BCUT2D eigenvalue weighted by Crippen LogP contribution is -2.34. The average Bonchev–Trinajstić information content (AvgIpc) is 3.44. The maximum absolute atomic E-state index is 12.7. The summed E-state index contributed by atoms with van der Waals surface area (Å²) in [5, 5.41) is 9.12. The molecule has 0 saturated carbocycles. The fourth-order valence-corrected chi connectivity index (χ4v) is 4.83. The number of pyridine rings is 1. The van der Waals surface area contributed by atoms with Crippen molar-refractivity contribution in [3.8, 4) is 17.2 Å². The van der Waals surface area contributed by atoms with Crippen LogP contribution >= 0.6 is 0 Å². The maximum atomic E-state index is 12.7. The molecule has 10 nitrogen and oxygen atoms in total. The monoisotopic (exact) mass is 450 g/mol. The molecule has 0 aromatic carbocycles. The third-order valence-corrected chi connectivity index (χ3v) is 6.38. The van der Waals surface area contributed by atoms with Crippen LogP contribution in [0.2, 0.25) is 0 Å². The summed E-state index contributed by atoms with van der Waals surface area (Å²) < 4.78 is 9.61. The van der Waals surface area contributed by atoms with Gasteiger partial charge in [0.1, 0.15) is 18.5 Å². The van der Waals surface area contributed by atoms with Crippen LogP contribution in [-0.2, 0) is 16.1 Å². The summed E-state index contributed by atoms with van der Waals surface area (Å²) in [6.07, 6.45) is 10.6. The molecule has 2 aliphatic heterocycles. The molecule has 2 fully saturated rings. The van der Waals surface area contributed by atoms with Crippen LogP contribution in [0.1, 0.15) is 64.2 Å². The molecule has 0 radical (unpaired) electrons. The van der Waals surface area contributed by atoms with E-state index in [0.29, 0.717) is 24.6 Å². The third kappa shape index (κ3) is 4.80. The molecule has 174 valence electrons. The van der Waals surface area contributed by atoms with Crippen LogP contribution in [0.4, 0.5) is 0 Å². The Hall–Kier alpha value is -3.14. The second-order valence-corrected chi connectivity index (χ2v) is 9.05. The van der Waals surface area contributed by atoms with Crippen molar-refractivity contribution >= 4 is 5.91 Å². The fourth-order valence-electron chi connectivity index (χ4n) is 4.83. The molecule has 2 unspecified atom stereocenters. The van der Waals surface area contributed by atoms with Gasteiger partial charge in [-0.1, -0.05) is 6.42 Å². The van der Waals surface area contributed by atoms with E-state index in [1.807, 2.05) is 21.7 Å². The molecule has 3 aromatic heterocycles. The number of rotatable bonds is 5. The smallest absolute Gasteiger partial charge is 0.222 e. The van der Waals surface area contributed by atoms with Gasteiger partial charge in [0, 0.05) is 24.7 Å². The van der Waals surface area contributed by atoms with E-state index in [4.69, 9.17) is 14.8 Å². The summed E-state index contributed by atoms with van der Waals surface area (Å²) in [6.45, 7) is 5.46. The van der Waals surface area contributed by atoms with E-state index in [0.717, 1.165) is 50.0 Å². The van der Waals surface area contributed by atoms with Gasteiger partial charge < -0.3 is 9.64 Å². The Kier molecular flexibility index (Phi) is 6.17. The summed E-state index contributed by atoms with van der Waals surface area (Å²) in [5.41, 5.74) is 0.853. The molecule has 10 heteroatoms. The van der Waals surface area contributed by atoms with Gasteiger partial charge in [0.05, 0.1) is 24.8 Å². The number of nitrogens with zero attached hydrogens (tertiary/aromatic N) is 8. The van der Waals surface area contributed by atoms with Crippen molar-refractivity contribution in [1.29, 1.82) is 0 Å². The van der Waals surface area contributed by atoms with Gasteiger partial charge >= 0.3 is 0 Å². The van der Waals surface area contributed by atoms with Crippen LogP contribution in [-0.4, -0.2) is 64.1 Å². The van der Waals surface area contributed by atoms with E-state index >= 15 is 0 Å². The van der Waals surface area contributed by atoms with E-state index < -0.39 is 0 Å². The van der Waals surface area contributed by atoms with Crippen molar-refractivity contribution in [3.05, 3.63) is 36.8 Å². The first-order valence-corrected chi connectivity index (χ1v) is 11.8. The first kappa shape index (κ1) is 21.7. The number of hydrogen-bond donors (Lipinski definition) is 0. The van der Waals surface area contributed by atoms with Crippen LogP contribution < -0.4 is 0 Å². The molecular formula is C23H30N8O2. The van der Waals surface area contributed by atoms with Crippen LogP contribution in [0.3, 0.4) is 0 Å². The lowest BCUT2D eigenvalue weighted by Gasteiger charge is -2.33. The average molecular weight is 451 g/mol. The SMILES string of the molecule is CC1CC(n2nc(-c3ccnc(-n4cncn4)c3)nc2CN2CCCCCC2=O)CC(C)O1. The largest absolute Gasteiger partial charge is 0.375 e. The Morgan fingerprint density at radius 1 is 1.15 bits per heavy atom. The first-order chi connectivity index (χ1) is 16.1. The highest BCUT2D eigenvalue weighted by Crippen LogP contribution is 2.31. The summed E-state index contributed by atoms with van der Waals surface area (Å²) in [6, 6.07) is 3.99. The normalized spacial score (nSPS) is 24.1. The molecule has 0 bridgehead atoms. The molecule has 5 heterocycles. The van der Waals surface area contributed by atoms with Gasteiger partial charge in [-0.3, -0.25) is 4.79 Å². The van der Waals surface area contributed by atoms with Crippen molar-refractivity contribution in [2.75, 3.05) is 6.54 Å². The summed E-state index contributed by atoms with van der Waals surface area (Å²) in [4.78, 5) is 28.0. The van der Waals surface area contributed by atoms with Crippen LogP contribution in [0, 0.1) is 0 Å². The Bertz CT molecular complexity index is 1090. The highest BCUT2D eigenvalue weighted by Gasteiger charge is 2.30. The first-order valence-electron chi connectivity index (χ1n) is 11.8. The van der Waals surface area contributed by atoms with Crippen molar-refractivity contribution in [1.82, 2.24) is 39.4 Å². The molecule has 0 aliphatic carbocycles. The molecule has 3 aromatic rings. The Balaban J connectivity index is 1.50. The van der Waals surface area contributed by atoms with E-state index in [1.165, 1.54) is 6.33 Å². The molecule has 2 aliphatic rings. The lowest BCUT2D eigenvalue weighted by molar-refractivity contribution is -0.131. The number of carbonyl (C=O) groups excluding carboxylic acids is 1. The van der Waals surface area contributed by atoms with Gasteiger partial charge in [-0.05, 0) is 51.7 Å². The third-order valence-electron chi connectivity index (χ3n) is 6.38. The molecular weight excluding hydrogens is 420 g/mol. The molecule has 2 saturated heterocycles. The van der Waals surface area contributed by atoms with Crippen molar-refractivity contribution in [2.24, 2.45) is 0 Å². The second kappa shape index (κ2) is 9.38. The minimum atomic E-state index is 0.152. The molecule has 5 rings (SSSR count). The Morgan fingerprint density at radius 3 is 2.79 bits per heavy atom. The van der Waals surface area contributed by atoms with E-state index in [2.05, 4.69) is 28.9 Å². The van der Waals surface area contributed by atoms with Gasteiger partial charge in [-0.2, -0.15) is 10.2 Å². The van der Waals surface area contributed by atoms with Gasteiger partial charge in [0.25, 0.3) is 0 Å². The highest BCUT2D eigenvalue weighted by molar-refractivity contribution is 5.76. The molecule has 1 amide bonds. The number of hydrogen-bond acceptors (Lipinski definition) is 7. The predicted octanol–water partition coefficient (Wildman–Crippen LogP) is 2.95. The van der Waals surface area contributed by atoms with Crippen LogP contribution in [0.5, 0.6) is 0 Å². The minimum Gasteiger partial charge on any atom is -0.375 e. The zero-order valence-corrected chi connectivity index (χ0v) is 19.2. The number of likely N-dealkylation sites (tertiary alicyclic amines) is 1. The topological polar surface area (TPSA) is 104 Å². The number of aromatic nitrogens is 7. The van der Waals surface area contributed by atoms with E-state index in [1.54, 1.807) is 17.2 Å². The van der Waals surface area contributed by atoms with Gasteiger partial charge in [-0.15, -0.1) is 0 Å². The highest BCUT2D eigenvalue weighted by atomic mass is 16.5. The van der Waals surface area contributed by atoms with Crippen molar-refractivity contribution in [2.45, 2.75) is 77.2 Å². The zero-order chi connectivity index (χ0) is 22.8. The standard InChI is InChI=1S/C23H30N8O2/c1-16-10-19(11-17(2)33-16)31-21(13-29-9-5-3-4-6-22(29)32)27-23(28-31)18-7-8-25-20(12-18)30-15-24-14-26-30/h7-8,12,14-17,19H,3-6,9-11,13H2,1-2H3. The molecule has 0 N–H and O–H groups in total. The predicted molar refractivity (Wildman–Crippen MR) is 120 cm³/mol. The van der Waals surface area contributed by atoms with E-state index in [-0.39, 0.29) is 24.2 Å².